The van der Waals surface area contributed by atoms with E-state index in [0.29, 0.717) is 10.8 Å². The zero-order valence-electron chi connectivity index (χ0n) is 11.3. The Hall–Kier alpha value is -0.280. The second-order valence-electron chi connectivity index (χ2n) is 7.66. The molecule has 4 rings (SSSR count). The zero-order chi connectivity index (χ0) is 12.3. The van der Waals surface area contributed by atoms with Crippen molar-refractivity contribution >= 4 is 18.4 Å². The molecule has 0 amide bonds. The van der Waals surface area contributed by atoms with Gasteiger partial charge in [0.25, 0.3) is 0 Å². The predicted octanol–water partition coefficient (Wildman–Crippen LogP) is 2.83. The summed E-state index contributed by atoms with van der Waals surface area (Å²) in [4.78, 5) is 10.8. The molecule has 2 N–H and O–H groups in total. The minimum Gasteiger partial charge on any atom is -0.480 e. The minimum atomic E-state index is -0.726. The molecule has 4 heteroatoms. The summed E-state index contributed by atoms with van der Waals surface area (Å²) in [5.74, 6) is 0.0959. The Bertz CT molecular complexity index is 353. The van der Waals surface area contributed by atoms with E-state index in [4.69, 9.17) is 5.11 Å². The van der Waals surface area contributed by atoms with Gasteiger partial charge >= 0.3 is 5.97 Å². The monoisotopic (exact) mass is 273 g/mol. The fourth-order valence-corrected chi connectivity index (χ4v) is 5.91. The van der Waals surface area contributed by atoms with Gasteiger partial charge in [-0.05, 0) is 55.3 Å². The lowest BCUT2D eigenvalue weighted by Crippen LogP contribution is -2.64. The van der Waals surface area contributed by atoms with Gasteiger partial charge in [0.1, 0.15) is 0 Å². The molecular formula is C14H24ClNO2. The van der Waals surface area contributed by atoms with Crippen molar-refractivity contribution in [2.45, 2.75) is 57.9 Å². The maximum Gasteiger partial charge on any atom is 0.317 e. The summed E-state index contributed by atoms with van der Waals surface area (Å²) in [7, 11) is 0. The van der Waals surface area contributed by atoms with E-state index >= 15 is 0 Å². The van der Waals surface area contributed by atoms with Crippen LogP contribution in [0.5, 0.6) is 0 Å². The first kappa shape index (κ1) is 14.1. The maximum atomic E-state index is 10.8. The standard InChI is InChI=1S/C14H23NO2.ClH/c1-12-3-10-4-13(2,7-12)9-14(5-10,8-12)15-6-11(16)17;/h10,15H,3-9H2,1-2H3,(H,16,17);1H. The molecular weight excluding hydrogens is 250 g/mol. The van der Waals surface area contributed by atoms with Crippen LogP contribution in [-0.2, 0) is 4.79 Å². The van der Waals surface area contributed by atoms with Crippen molar-refractivity contribution in [2.75, 3.05) is 6.54 Å². The van der Waals surface area contributed by atoms with Gasteiger partial charge in [0.05, 0.1) is 6.54 Å². The van der Waals surface area contributed by atoms with E-state index < -0.39 is 5.97 Å². The molecule has 0 aromatic heterocycles. The van der Waals surface area contributed by atoms with Crippen LogP contribution in [0.3, 0.4) is 0 Å². The topological polar surface area (TPSA) is 49.3 Å². The van der Waals surface area contributed by atoms with Gasteiger partial charge in [0.2, 0.25) is 0 Å². The van der Waals surface area contributed by atoms with Crippen molar-refractivity contribution < 1.29 is 9.90 Å². The fourth-order valence-electron chi connectivity index (χ4n) is 5.91. The number of halogens is 1. The van der Waals surface area contributed by atoms with Crippen molar-refractivity contribution in [2.24, 2.45) is 16.7 Å². The van der Waals surface area contributed by atoms with E-state index in [-0.39, 0.29) is 24.5 Å². The highest BCUT2D eigenvalue weighted by Crippen LogP contribution is 2.66. The summed E-state index contributed by atoms with van der Waals surface area (Å²) in [5, 5.41) is 12.3. The number of nitrogens with one attached hydrogen (secondary N) is 1. The molecule has 0 aliphatic heterocycles. The van der Waals surface area contributed by atoms with Crippen molar-refractivity contribution in [1.29, 1.82) is 0 Å². The van der Waals surface area contributed by atoms with Crippen LogP contribution in [0.15, 0.2) is 0 Å². The van der Waals surface area contributed by atoms with Crippen molar-refractivity contribution in [3.8, 4) is 0 Å². The maximum absolute atomic E-state index is 10.8. The van der Waals surface area contributed by atoms with Gasteiger partial charge in [-0.15, -0.1) is 12.4 Å². The Morgan fingerprint density at radius 1 is 1.17 bits per heavy atom. The number of aliphatic carboxylic acids is 1. The average molecular weight is 274 g/mol. The van der Waals surface area contributed by atoms with Gasteiger partial charge in [-0.2, -0.15) is 0 Å². The molecule has 4 aliphatic carbocycles. The highest BCUT2D eigenvalue weighted by molar-refractivity contribution is 5.85. The van der Waals surface area contributed by atoms with Crippen molar-refractivity contribution in [3.05, 3.63) is 0 Å². The van der Waals surface area contributed by atoms with E-state index in [0.717, 1.165) is 5.92 Å². The zero-order valence-corrected chi connectivity index (χ0v) is 12.1. The summed E-state index contributed by atoms with van der Waals surface area (Å²) in [5.41, 5.74) is 1.04. The number of hydrogen-bond donors (Lipinski definition) is 2. The molecule has 4 saturated carbocycles. The van der Waals surface area contributed by atoms with Crippen LogP contribution < -0.4 is 5.32 Å². The van der Waals surface area contributed by atoms with Crippen LogP contribution in [0.2, 0.25) is 0 Å². The fraction of sp³-hybridized carbons (Fsp3) is 0.929. The first-order chi connectivity index (χ1) is 7.82. The smallest absolute Gasteiger partial charge is 0.317 e. The molecule has 18 heavy (non-hydrogen) atoms. The molecule has 3 nitrogen and oxygen atoms in total. The van der Waals surface area contributed by atoms with Crippen molar-refractivity contribution in [1.82, 2.24) is 5.32 Å². The Morgan fingerprint density at radius 2 is 1.72 bits per heavy atom. The largest absolute Gasteiger partial charge is 0.480 e. The Balaban J connectivity index is 0.00000120. The third-order valence-electron chi connectivity index (χ3n) is 5.24. The number of carbonyl (C=O) groups is 1. The van der Waals surface area contributed by atoms with Crippen LogP contribution in [-0.4, -0.2) is 23.2 Å². The highest BCUT2D eigenvalue weighted by atomic mass is 35.5. The molecule has 4 aliphatic rings. The number of hydrogen-bond acceptors (Lipinski definition) is 2. The Labute approximate surface area is 115 Å². The average Bonchev–Trinajstić information content (AvgIpc) is 2.08. The molecule has 104 valence electrons. The first-order valence-electron chi connectivity index (χ1n) is 6.79. The van der Waals surface area contributed by atoms with Crippen LogP contribution in [0.25, 0.3) is 0 Å². The second-order valence-corrected chi connectivity index (χ2v) is 7.66. The minimum absolute atomic E-state index is 0. The number of rotatable bonds is 3. The van der Waals surface area contributed by atoms with Crippen molar-refractivity contribution in [3.63, 3.8) is 0 Å². The molecule has 0 saturated heterocycles. The third-order valence-corrected chi connectivity index (χ3v) is 5.24. The van der Waals surface area contributed by atoms with Gasteiger partial charge < -0.3 is 10.4 Å². The molecule has 2 unspecified atom stereocenters. The van der Waals surface area contributed by atoms with Crippen LogP contribution in [0.1, 0.15) is 52.4 Å². The quantitative estimate of drug-likeness (QED) is 0.831. The van der Waals surface area contributed by atoms with Gasteiger partial charge in [0, 0.05) is 5.54 Å². The molecule has 0 aromatic carbocycles. The lowest BCUT2D eigenvalue weighted by atomic mass is 9.43. The third kappa shape index (κ3) is 2.27. The summed E-state index contributed by atoms with van der Waals surface area (Å²) in [6.07, 6.45) is 7.62. The SMILES string of the molecule is CC12CC3CC(C)(C1)CC(NCC(=O)O)(C3)C2.Cl. The van der Waals surface area contributed by atoms with Crippen LogP contribution in [0.4, 0.5) is 0 Å². The molecule has 2 atom stereocenters. The van der Waals surface area contributed by atoms with E-state index in [1.165, 1.54) is 38.5 Å². The van der Waals surface area contributed by atoms with Gasteiger partial charge in [0.15, 0.2) is 0 Å². The van der Waals surface area contributed by atoms with Gasteiger partial charge in [-0.25, -0.2) is 0 Å². The highest BCUT2D eigenvalue weighted by Gasteiger charge is 2.59. The Morgan fingerprint density at radius 3 is 2.17 bits per heavy atom. The van der Waals surface area contributed by atoms with E-state index in [1.54, 1.807) is 0 Å². The van der Waals surface area contributed by atoms with Gasteiger partial charge in [-0.3, -0.25) is 4.79 Å². The lowest BCUT2D eigenvalue weighted by molar-refractivity contribution is -0.141. The van der Waals surface area contributed by atoms with Crippen LogP contribution >= 0.6 is 12.4 Å². The summed E-state index contributed by atoms with van der Waals surface area (Å²) in [6, 6.07) is 0. The molecule has 0 aromatic rings. The van der Waals surface area contributed by atoms with E-state index in [9.17, 15) is 4.79 Å². The molecule has 4 bridgehead atoms. The summed E-state index contributed by atoms with van der Waals surface area (Å²) in [6.45, 7) is 4.94. The Kier molecular flexibility index (Phi) is 3.22. The normalized spacial score (nSPS) is 48.9. The van der Waals surface area contributed by atoms with Crippen LogP contribution in [0, 0.1) is 16.7 Å². The second kappa shape index (κ2) is 4.11. The van der Waals surface area contributed by atoms with E-state index in [1.807, 2.05) is 0 Å². The number of carboxylic acids is 1. The molecule has 0 heterocycles. The predicted molar refractivity (Wildman–Crippen MR) is 73.0 cm³/mol. The summed E-state index contributed by atoms with van der Waals surface area (Å²) < 4.78 is 0. The first-order valence-corrected chi connectivity index (χ1v) is 6.79. The molecule has 4 fully saturated rings. The lowest BCUT2D eigenvalue weighted by Gasteiger charge is -2.65. The number of carboxylic acid groups (broad SMARTS) is 1. The van der Waals surface area contributed by atoms with E-state index in [2.05, 4.69) is 19.2 Å². The van der Waals surface area contributed by atoms with Gasteiger partial charge in [-0.1, -0.05) is 13.8 Å². The molecule has 0 radical (unpaired) electrons. The summed E-state index contributed by atoms with van der Waals surface area (Å²) >= 11 is 0. The molecule has 0 spiro atoms.